The molecule has 0 saturated carbocycles. The van der Waals surface area contributed by atoms with Crippen LogP contribution in [0.25, 0.3) is 11.3 Å². The summed E-state index contributed by atoms with van der Waals surface area (Å²) >= 11 is 7.49. The van der Waals surface area contributed by atoms with E-state index in [2.05, 4.69) is 36.4 Å². The Morgan fingerprint density at radius 3 is 2.35 bits per heavy atom. The molecule has 20 heavy (non-hydrogen) atoms. The number of nitrogens with zero attached hydrogens (tertiary/aromatic N) is 2. The molecule has 0 unspecified atom stereocenters. The molecule has 3 nitrogen and oxygen atoms in total. The van der Waals surface area contributed by atoms with E-state index in [0.717, 1.165) is 32.8 Å². The van der Waals surface area contributed by atoms with Crippen molar-refractivity contribution in [3.8, 4) is 11.3 Å². The van der Waals surface area contributed by atoms with E-state index in [4.69, 9.17) is 11.6 Å². The van der Waals surface area contributed by atoms with Crippen molar-refractivity contribution in [1.82, 2.24) is 9.66 Å². The maximum absolute atomic E-state index is 5.90. The molecule has 3 aromatic rings. The number of halogens is 1. The monoisotopic (exact) mass is 303 g/mol. The number of nitrogens with one attached hydrogen (secondary N) is 1. The Bertz CT molecular complexity index is 708. The summed E-state index contributed by atoms with van der Waals surface area (Å²) in [6.07, 6.45) is 0. The van der Waals surface area contributed by atoms with Crippen LogP contribution in [0.4, 0.5) is 5.13 Å². The second-order valence-corrected chi connectivity index (χ2v) is 5.90. The normalized spacial score (nSPS) is 10.8. The van der Waals surface area contributed by atoms with Gasteiger partial charge < -0.3 is 0 Å². The van der Waals surface area contributed by atoms with Crippen molar-refractivity contribution in [3.05, 3.63) is 58.2 Å². The summed E-state index contributed by atoms with van der Waals surface area (Å²) in [5.41, 5.74) is 7.66. The minimum absolute atomic E-state index is 0.737. The van der Waals surface area contributed by atoms with Gasteiger partial charge >= 0.3 is 0 Å². The highest BCUT2D eigenvalue weighted by Crippen LogP contribution is 2.26. The highest BCUT2D eigenvalue weighted by atomic mass is 35.5. The third-order valence-corrected chi connectivity index (χ3v) is 4.12. The van der Waals surface area contributed by atoms with Crippen molar-refractivity contribution in [1.29, 1.82) is 0 Å². The zero-order valence-electron chi connectivity index (χ0n) is 11.2. The van der Waals surface area contributed by atoms with E-state index in [1.165, 1.54) is 0 Å². The van der Waals surface area contributed by atoms with E-state index in [-0.39, 0.29) is 0 Å². The molecular formula is C15H14ClN3S. The van der Waals surface area contributed by atoms with Crippen molar-refractivity contribution in [2.24, 2.45) is 0 Å². The summed E-state index contributed by atoms with van der Waals surface area (Å²) in [5.74, 6) is 0. The second kappa shape index (κ2) is 5.31. The van der Waals surface area contributed by atoms with Gasteiger partial charge in [0.15, 0.2) is 0 Å². The van der Waals surface area contributed by atoms with Gasteiger partial charge in [0.05, 0.1) is 5.69 Å². The van der Waals surface area contributed by atoms with Crippen LogP contribution in [0.1, 0.15) is 11.4 Å². The average Bonchev–Trinajstić information content (AvgIpc) is 3.02. The fourth-order valence-corrected chi connectivity index (χ4v) is 2.85. The third-order valence-electron chi connectivity index (χ3n) is 3.12. The molecule has 0 radical (unpaired) electrons. The number of rotatable bonds is 3. The van der Waals surface area contributed by atoms with Crippen molar-refractivity contribution >= 4 is 28.1 Å². The molecule has 5 heteroatoms. The maximum atomic E-state index is 5.90. The predicted octanol–water partition coefficient (Wildman–Crippen LogP) is 4.76. The molecule has 0 aliphatic heterocycles. The number of aromatic nitrogens is 2. The van der Waals surface area contributed by atoms with E-state index in [9.17, 15) is 0 Å². The van der Waals surface area contributed by atoms with Gasteiger partial charge in [0.2, 0.25) is 5.13 Å². The van der Waals surface area contributed by atoms with Crippen LogP contribution in [0.3, 0.4) is 0 Å². The smallest absolute Gasteiger partial charge is 0.202 e. The maximum Gasteiger partial charge on any atom is 0.202 e. The van der Waals surface area contributed by atoms with Crippen molar-refractivity contribution in [2.75, 3.05) is 5.43 Å². The summed E-state index contributed by atoms with van der Waals surface area (Å²) in [6.45, 7) is 4.13. The zero-order chi connectivity index (χ0) is 14.1. The first kappa shape index (κ1) is 13.2. The minimum atomic E-state index is 0.737. The Kier molecular flexibility index (Phi) is 3.51. The van der Waals surface area contributed by atoms with Gasteiger partial charge in [0, 0.05) is 27.4 Å². The van der Waals surface area contributed by atoms with Gasteiger partial charge in [0.25, 0.3) is 0 Å². The van der Waals surface area contributed by atoms with Gasteiger partial charge in [-0.15, -0.1) is 11.3 Å². The van der Waals surface area contributed by atoms with Crippen LogP contribution in [0.2, 0.25) is 5.02 Å². The van der Waals surface area contributed by atoms with E-state index in [1.54, 1.807) is 11.3 Å². The van der Waals surface area contributed by atoms with Gasteiger partial charge in [-0.2, -0.15) is 0 Å². The summed E-state index contributed by atoms with van der Waals surface area (Å²) < 4.78 is 2.03. The molecule has 2 aromatic heterocycles. The number of anilines is 1. The SMILES string of the molecule is Cc1ccc(C)n1Nc1nc(-c2ccc(Cl)cc2)cs1. The Balaban J connectivity index is 1.85. The van der Waals surface area contributed by atoms with Crippen LogP contribution in [0, 0.1) is 13.8 Å². The topological polar surface area (TPSA) is 29.9 Å². The minimum Gasteiger partial charge on any atom is -0.269 e. The van der Waals surface area contributed by atoms with Crippen molar-refractivity contribution in [2.45, 2.75) is 13.8 Å². The molecule has 0 atom stereocenters. The Morgan fingerprint density at radius 1 is 1.05 bits per heavy atom. The molecule has 3 rings (SSSR count). The highest BCUT2D eigenvalue weighted by Gasteiger charge is 2.06. The van der Waals surface area contributed by atoms with Gasteiger partial charge in [-0.1, -0.05) is 23.7 Å². The number of hydrogen-bond acceptors (Lipinski definition) is 3. The Hall–Kier alpha value is -1.78. The van der Waals surface area contributed by atoms with Crippen molar-refractivity contribution < 1.29 is 0 Å². The molecule has 2 heterocycles. The number of hydrogen-bond donors (Lipinski definition) is 1. The third kappa shape index (κ3) is 2.57. The molecule has 0 saturated heterocycles. The van der Waals surface area contributed by atoms with Gasteiger partial charge in [-0.05, 0) is 38.1 Å². The first-order valence-corrected chi connectivity index (χ1v) is 7.53. The lowest BCUT2D eigenvalue weighted by Crippen LogP contribution is -2.11. The van der Waals surface area contributed by atoms with E-state index < -0.39 is 0 Å². The van der Waals surface area contributed by atoms with Crippen LogP contribution in [-0.4, -0.2) is 9.66 Å². The van der Waals surface area contributed by atoms with Gasteiger partial charge in [-0.3, -0.25) is 10.1 Å². The van der Waals surface area contributed by atoms with Crippen LogP contribution in [0.5, 0.6) is 0 Å². The molecule has 0 spiro atoms. The fraction of sp³-hybridized carbons (Fsp3) is 0.133. The number of thiazole rings is 1. The second-order valence-electron chi connectivity index (χ2n) is 4.61. The molecule has 0 aliphatic carbocycles. The Labute approximate surface area is 126 Å². The summed E-state index contributed by atoms with van der Waals surface area (Å²) in [7, 11) is 0. The zero-order valence-corrected chi connectivity index (χ0v) is 12.8. The quantitative estimate of drug-likeness (QED) is 0.756. The van der Waals surface area contributed by atoms with E-state index >= 15 is 0 Å². The van der Waals surface area contributed by atoms with Crippen molar-refractivity contribution in [3.63, 3.8) is 0 Å². The first-order valence-electron chi connectivity index (χ1n) is 6.27. The van der Waals surface area contributed by atoms with Crippen LogP contribution in [-0.2, 0) is 0 Å². The van der Waals surface area contributed by atoms with E-state index in [1.807, 2.05) is 34.3 Å². The molecular weight excluding hydrogens is 290 g/mol. The first-order chi connectivity index (χ1) is 9.63. The van der Waals surface area contributed by atoms with Crippen LogP contribution in [0.15, 0.2) is 41.8 Å². The highest BCUT2D eigenvalue weighted by molar-refractivity contribution is 7.14. The van der Waals surface area contributed by atoms with Crippen LogP contribution < -0.4 is 5.43 Å². The number of aryl methyl sites for hydroxylation is 2. The molecule has 0 aliphatic rings. The number of benzene rings is 1. The van der Waals surface area contributed by atoms with Gasteiger partial charge in [-0.25, -0.2) is 4.98 Å². The lowest BCUT2D eigenvalue weighted by molar-refractivity contribution is 0.878. The predicted molar refractivity (Wildman–Crippen MR) is 85.5 cm³/mol. The lowest BCUT2D eigenvalue weighted by atomic mass is 10.2. The molecule has 1 N–H and O–H groups in total. The largest absolute Gasteiger partial charge is 0.269 e. The summed E-state index contributed by atoms with van der Waals surface area (Å²) in [6, 6.07) is 11.9. The molecule has 0 bridgehead atoms. The Morgan fingerprint density at radius 2 is 1.70 bits per heavy atom. The molecule has 0 amide bonds. The average molecular weight is 304 g/mol. The lowest BCUT2D eigenvalue weighted by Gasteiger charge is -2.09. The van der Waals surface area contributed by atoms with Crippen LogP contribution >= 0.6 is 22.9 Å². The fourth-order valence-electron chi connectivity index (χ4n) is 2.02. The summed E-state index contributed by atoms with van der Waals surface area (Å²) in [5, 5.41) is 3.65. The molecule has 1 aromatic carbocycles. The standard InChI is InChI=1S/C15H14ClN3S/c1-10-3-4-11(2)19(10)18-15-17-14(9-20-15)12-5-7-13(16)8-6-12/h3-9H,1-2H3,(H,17,18). The van der Waals surface area contributed by atoms with E-state index in [0.29, 0.717) is 0 Å². The molecule has 102 valence electrons. The molecule has 0 fully saturated rings. The summed E-state index contributed by atoms with van der Waals surface area (Å²) in [4.78, 5) is 4.61. The van der Waals surface area contributed by atoms with Gasteiger partial charge in [0.1, 0.15) is 0 Å².